The van der Waals surface area contributed by atoms with Gasteiger partial charge < -0.3 is 19.2 Å². The third-order valence-corrected chi connectivity index (χ3v) is 25.9. The van der Waals surface area contributed by atoms with Gasteiger partial charge in [0.15, 0.2) is 5.82 Å². The van der Waals surface area contributed by atoms with Crippen LogP contribution in [0.2, 0.25) is 33.2 Å². The molecule has 2 aromatic carbocycles. The molecule has 4 aromatic rings. The number of fused-ring (bicyclic) bond motifs is 2. The molecule has 1 saturated heterocycles. The first-order chi connectivity index (χ1) is 27.3. The Kier molecular flexibility index (Phi) is 13.4. The fourth-order valence-electron chi connectivity index (χ4n) is 10.2. The maximum Gasteiger partial charge on any atom is 0.258 e. The van der Waals surface area contributed by atoms with Crippen molar-refractivity contribution in [3.63, 3.8) is 0 Å². The number of piperidine rings is 1. The molecule has 0 spiro atoms. The number of hydrogen-bond donors (Lipinski definition) is 1. The Morgan fingerprint density at radius 3 is 1.97 bits per heavy atom. The quantitative estimate of drug-likeness (QED) is 0.0844. The number of rotatable bonds is 12. The van der Waals surface area contributed by atoms with Crippen LogP contribution in [0, 0.1) is 23.1 Å². The monoisotopic (exact) mass is 866 g/mol. The average molecular weight is 867 g/mol. The highest BCUT2D eigenvalue weighted by atomic mass is 32.2. The molecule has 322 valence electrons. The fraction of sp³-hybridized carbons (Fsp3) is 0.578. The van der Waals surface area contributed by atoms with E-state index in [1.807, 2.05) is 6.07 Å². The largest absolute Gasteiger partial charge is 0.543 e. The van der Waals surface area contributed by atoms with Gasteiger partial charge in [0.05, 0.1) is 18.3 Å². The zero-order valence-corrected chi connectivity index (χ0v) is 40.5. The molecule has 1 fully saturated rings. The molecule has 14 heteroatoms. The Bertz CT molecular complexity index is 2370. The Morgan fingerprint density at radius 1 is 0.864 bits per heavy atom. The Labute approximate surface area is 352 Å². The number of pyridine rings is 1. The van der Waals surface area contributed by atoms with E-state index in [0.717, 1.165) is 6.26 Å². The van der Waals surface area contributed by atoms with Gasteiger partial charge in [0.25, 0.3) is 8.32 Å². The highest BCUT2D eigenvalue weighted by Gasteiger charge is 2.47. The molecule has 1 aliphatic rings. The molecule has 3 heterocycles. The number of benzene rings is 2. The van der Waals surface area contributed by atoms with Crippen LogP contribution in [-0.4, -0.2) is 76.9 Å². The van der Waals surface area contributed by atoms with Crippen molar-refractivity contribution in [1.82, 2.24) is 15.0 Å². The zero-order valence-electron chi connectivity index (χ0n) is 37.6. The van der Waals surface area contributed by atoms with Gasteiger partial charge in [-0.15, -0.1) is 5.54 Å². The van der Waals surface area contributed by atoms with Crippen molar-refractivity contribution >= 4 is 53.7 Å². The second-order valence-electron chi connectivity index (χ2n) is 18.7. The fourth-order valence-corrected chi connectivity index (χ4v) is 21.1. The maximum absolute atomic E-state index is 17.8. The van der Waals surface area contributed by atoms with Crippen LogP contribution in [-0.2, 0) is 9.84 Å². The first-order valence-electron chi connectivity index (χ1n) is 20.9. The van der Waals surface area contributed by atoms with Crippen molar-refractivity contribution in [2.75, 3.05) is 31.4 Å². The number of hydrogen-bond acceptors (Lipinski definition) is 9. The summed E-state index contributed by atoms with van der Waals surface area (Å²) >= 11 is 0. The van der Waals surface area contributed by atoms with Gasteiger partial charge >= 0.3 is 0 Å². The molecule has 1 aliphatic heterocycles. The van der Waals surface area contributed by atoms with Gasteiger partial charge in [0, 0.05) is 30.3 Å². The molecule has 0 saturated carbocycles. The van der Waals surface area contributed by atoms with Crippen LogP contribution in [0.1, 0.15) is 108 Å². The lowest BCUT2D eigenvalue weighted by atomic mass is 9.94. The van der Waals surface area contributed by atoms with Gasteiger partial charge in [0.2, 0.25) is 20.9 Å². The minimum atomic E-state index is -4.06. The molecular weight excluding hydrogens is 803 g/mol. The second-order valence-corrected chi connectivity index (χ2v) is 31.6. The number of aliphatic hydroxyl groups is 1. The summed E-state index contributed by atoms with van der Waals surface area (Å²) in [5.41, 5.74) is 3.83. The van der Waals surface area contributed by atoms with E-state index < -0.39 is 48.6 Å². The van der Waals surface area contributed by atoms with Crippen molar-refractivity contribution in [3.05, 3.63) is 41.5 Å². The van der Waals surface area contributed by atoms with Crippen molar-refractivity contribution < 1.29 is 31.5 Å². The molecule has 0 amide bonds. The molecule has 9 nitrogen and oxygen atoms in total. The lowest BCUT2D eigenvalue weighted by Gasteiger charge is -2.42. The highest BCUT2D eigenvalue weighted by Crippen LogP contribution is 2.47. The van der Waals surface area contributed by atoms with Gasteiger partial charge in [-0.25, -0.2) is 32.2 Å². The maximum atomic E-state index is 17.8. The summed E-state index contributed by atoms with van der Waals surface area (Å²) in [6, 6.07) is 6.67. The van der Waals surface area contributed by atoms with Crippen LogP contribution < -0.4 is 14.1 Å². The summed E-state index contributed by atoms with van der Waals surface area (Å²) in [5, 5.41) is 11.5. The minimum Gasteiger partial charge on any atom is -0.543 e. The highest BCUT2D eigenvalue weighted by molar-refractivity contribution is 7.90. The van der Waals surface area contributed by atoms with Crippen LogP contribution in [0.3, 0.4) is 0 Å². The Morgan fingerprint density at radius 2 is 1.46 bits per heavy atom. The van der Waals surface area contributed by atoms with Crippen LogP contribution in [0.5, 0.6) is 11.6 Å². The summed E-state index contributed by atoms with van der Waals surface area (Å²) in [6.07, 6.45) is 2.07. The molecule has 0 bridgehead atoms. The predicted molar refractivity (Wildman–Crippen MR) is 242 cm³/mol. The van der Waals surface area contributed by atoms with Gasteiger partial charge in [-0.05, 0) is 76.6 Å². The number of anilines is 1. The van der Waals surface area contributed by atoms with E-state index in [-0.39, 0.29) is 79.2 Å². The standard InChI is InChI=1S/C45H64F2N4O5SSi2/c1-26(2)58(27(3)4,28(5)6)22-19-34-36(46)18-17-32-23-33(56-59(29(7)8,30(9)10)31(11)12)24-35(37(32)34)40-39(47)41-38(43(48-40)55-14)42(50-44(49-41)57(15,53)54)51-21-16-20-45(13,52)25-51/h17-18,23-24,26-31,52H,16,20-21,25H2,1-15H3. The Balaban J connectivity index is 1.99. The molecule has 0 radical (unpaired) electrons. The summed E-state index contributed by atoms with van der Waals surface area (Å²) in [4.78, 5) is 15.3. The summed E-state index contributed by atoms with van der Waals surface area (Å²) in [6.45, 7) is 28.5. The normalized spacial score (nSPS) is 17.0. The molecule has 59 heavy (non-hydrogen) atoms. The molecule has 1 N–H and O–H groups in total. The summed E-state index contributed by atoms with van der Waals surface area (Å²) in [5.74, 6) is 2.37. The molecule has 0 aliphatic carbocycles. The van der Waals surface area contributed by atoms with E-state index in [4.69, 9.17) is 14.1 Å². The lowest BCUT2D eigenvalue weighted by Crippen LogP contribution is -2.50. The van der Waals surface area contributed by atoms with Crippen LogP contribution in [0.15, 0.2) is 29.4 Å². The number of methoxy groups -OCH3 is 1. The minimum absolute atomic E-state index is 0.0544. The van der Waals surface area contributed by atoms with Gasteiger partial charge in [-0.3, -0.25) is 0 Å². The SMILES string of the molecule is COc1nc(-c2cc(O[Si](C(C)C)(C(C)C)C(C)C)cc3ccc(F)c(C#C[Si](C(C)C)(C(C)C)C(C)C)c23)c(F)c2nc(S(C)(=O)=O)nc(N3CCCC(C)(O)C3)c12. The third kappa shape index (κ3) is 8.50. The van der Waals surface area contributed by atoms with Crippen molar-refractivity contribution in [2.45, 2.75) is 147 Å². The number of ether oxygens (including phenoxy) is 1. The second kappa shape index (κ2) is 17.0. The summed E-state index contributed by atoms with van der Waals surface area (Å²) < 4.78 is 73.7. The number of β-amino-alcohol motifs (C(OH)–C–C–N with tert-alkyl or cyclic N) is 1. The number of sulfone groups is 1. The molecule has 2 aromatic heterocycles. The molecule has 1 atom stereocenters. The smallest absolute Gasteiger partial charge is 0.258 e. The van der Waals surface area contributed by atoms with E-state index in [1.165, 1.54) is 13.2 Å². The van der Waals surface area contributed by atoms with E-state index >= 15 is 8.78 Å². The Hall–Kier alpha value is -3.65. The van der Waals surface area contributed by atoms with Crippen molar-refractivity contribution in [2.24, 2.45) is 0 Å². The molecular formula is C45H64F2N4O5SSi2. The van der Waals surface area contributed by atoms with Crippen LogP contribution in [0.25, 0.3) is 32.9 Å². The number of nitrogens with zero attached hydrogens (tertiary/aromatic N) is 4. The van der Waals surface area contributed by atoms with Gasteiger partial charge in [-0.2, -0.15) is 0 Å². The lowest BCUT2D eigenvalue weighted by molar-refractivity contribution is 0.0447. The van der Waals surface area contributed by atoms with E-state index in [9.17, 15) is 13.5 Å². The van der Waals surface area contributed by atoms with Crippen molar-refractivity contribution in [3.8, 4) is 34.4 Å². The van der Waals surface area contributed by atoms with Crippen molar-refractivity contribution in [1.29, 1.82) is 0 Å². The van der Waals surface area contributed by atoms with E-state index in [2.05, 4.69) is 105 Å². The molecule has 1 unspecified atom stereocenters. The van der Waals surface area contributed by atoms with Crippen LogP contribution >= 0.6 is 0 Å². The number of aromatic nitrogens is 3. The average Bonchev–Trinajstić information content (AvgIpc) is 3.12. The van der Waals surface area contributed by atoms with Gasteiger partial charge in [0.1, 0.15) is 42.1 Å². The zero-order chi connectivity index (χ0) is 44.2. The van der Waals surface area contributed by atoms with E-state index in [0.29, 0.717) is 35.9 Å². The number of halogens is 2. The first kappa shape index (κ1) is 46.4. The first-order valence-corrected chi connectivity index (χ1v) is 27.2. The van der Waals surface area contributed by atoms with E-state index in [1.54, 1.807) is 24.0 Å². The van der Waals surface area contributed by atoms with Crippen LogP contribution in [0.4, 0.5) is 14.6 Å². The van der Waals surface area contributed by atoms with Gasteiger partial charge in [-0.1, -0.05) is 95.1 Å². The third-order valence-electron chi connectivity index (χ3n) is 12.8. The topological polar surface area (TPSA) is 115 Å². The summed E-state index contributed by atoms with van der Waals surface area (Å²) in [7, 11) is -7.61. The predicted octanol–water partition coefficient (Wildman–Crippen LogP) is 11.0. The molecule has 5 rings (SSSR count).